The van der Waals surface area contributed by atoms with Crippen LogP contribution in [0.25, 0.3) is 0 Å². The van der Waals surface area contributed by atoms with E-state index >= 15 is 0 Å². The van der Waals surface area contributed by atoms with E-state index in [-0.39, 0.29) is 5.78 Å². The Morgan fingerprint density at radius 1 is 1.62 bits per heavy atom. The third-order valence-corrected chi connectivity index (χ3v) is 3.66. The number of hydrogen-bond donors (Lipinski definition) is 0. The number of Topliss-reactive ketones (excluding diaryl/α,β-unsaturated/α-hetero) is 1. The van der Waals surface area contributed by atoms with Gasteiger partial charge in [-0.15, -0.1) is 0 Å². The second-order valence-corrected chi connectivity index (χ2v) is 4.93. The quantitative estimate of drug-likeness (QED) is 0.716. The fourth-order valence-electron chi connectivity index (χ4n) is 1.17. The molecule has 1 aromatic rings. The number of aromatic nitrogens is 1. The molecule has 4 heteroatoms. The molecule has 16 heavy (non-hydrogen) atoms. The summed E-state index contributed by atoms with van der Waals surface area (Å²) in [5.41, 5.74) is 0.431. The molecule has 0 saturated carbocycles. The summed E-state index contributed by atoms with van der Waals surface area (Å²) in [6.45, 7) is 4.23. The molecule has 0 aromatic carbocycles. The molecule has 0 aliphatic rings. The van der Waals surface area contributed by atoms with E-state index in [1.54, 1.807) is 37.2 Å². The third kappa shape index (κ3) is 3.52. The molecule has 0 bridgehead atoms. The van der Waals surface area contributed by atoms with E-state index in [1.807, 2.05) is 0 Å². The van der Waals surface area contributed by atoms with E-state index in [9.17, 15) is 4.79 Å². The number of pyridine rings is 1. The number of hydrogen-bond acceptors (Lipinski definition) is 4. The number of nitrogens with zero attached hydrogens (tertiary/aromatic N) is 1. The van der Waals surface area contributed by atoms with Crippen molar-refractivity contribution in [3.63, 3.8) is 0 Å². The van der Waals surface area contributed by atoms with Gasteiger partial charge < -0.3 is 4.74 Å². The predicted molar refractivity (Wildman–Crippen MR) is 67.3 cm³/mol. The minimum atomic E-state index is 0.0303. The number of rotatable bonds is 6. The molecule has 0 amide bonds. The highest BCUT2D eigenvalue weighted by atomic mass is 32.2. The van der Waals surface area contributed by atoms with Gasteiger partial charge in [0, 0.05) is 11.4 Å². The zero-order valence-corrected chi connectivity index (χ0v) is 10.7. The lowest BCUT2D eigenvalue weighted by molar-refractivity contribution is 0.101. The predicted octanol–water partition coefficient (Wildman–Crippen LogP) is 2.80. The van der Waals surface area contributed by atoms with E-state index in [2.05, 4.69) is 18.8 Å². The van der Waals surface area contributed by atoms with Gasteiger partial charge in [-0.2, -0.15) is 11.8 Å². The Morgan fingerprint density at radius 2 is 2.38 bits per heavy atom. The first-order valence-corrected chi connectivity index (χ1v) is 6.37. The molecular weight excluding hydrogens is 222 g/mol. The smallest absolute Gasteiger partial charge is 0.194 e. The molecule has 0 N–H and O–H groups in total. The fraction of sp³-hybridized carbons (Fsp3) is 0.500. The number of ketones is 1. The summed E-state index contributed by atoms with van der Waals surface area (Å²) < 4.78 is 5.11. The highest BCUT2D eigenvalue weighted by Gasteiger charge is 2.14. The van der Waals surface area contributed by atoms with Crippen LogP contribution in [-0.4, -0.2) is 28.9 Å². The first-order valence-electron chi connectivity index (χ1n) is 5.32. The summed E-state index contributed by atoms with van der Waals surface area (Å²) >= 11 is 1.65. The summed E-state index contributed by atoms with van der Waals surface area (Å²) in [7, 11) is 1.55. The fourth-order valence-corrected chi connectivity index (χ4v) is 1.98. The minimum absolute atomic E-state index is 0.0303. The zero-order valence-electron chi connectivity index (χ0n) is 9.90. The van der Waals surface area contributed by atoms with Gasteiger partial charge >= 0.3 is 0 Å². The summed E-state index contributed by atoms with van der Waals surface area (Å²) in [4.78, 5) is 15.9. The highest BCUT2D eigenvalue weighted by molar-refractivity contribution is 8.00. The van der Waals surface area contributed by atoms with Gasteiger partial charge in [0.05, 0.1) is 12.9 Å². The van der Waals surface area contributed by atoms with Crippen molar-refractivity contribution in [2.45, 2.75) is 25.5 Å². The van der Waals surface area contributed by atoms with Crippen molar-refractivity contribution in [2.24, 2.45) is 0 Å². The zero-order chi connectivity index (χ0) is 12.0. The Bertz CT molecular complexity index is 355. The normalized spacial score (nSPS) is 12.2. The van der Waals surface area contributed by atoms with E-state index in [4.69, 9.17) is 4.74 Å². The van der Waals surface area contributed by atoms with Crippen LogP contribution in [0.2, 0.25) is 0 Å². The van der Waals surface area contributed by atoms with Gasteiger partial charge in [0.1, 0.15) is 11.4 Å². The molecule has 0 saturated heterocycles. The molecule has 1 aromatic heterocycles. The lowest BCUT2D eigenvalue weighted by Crippen LogP contribution is -2.09. The topological polar surface area (TPSA) is 39.2 Å². The number of carbonyl (C=O) groups is 1. The summed E-state index contributed by atoms with van der Waals surface area (Å²) in [5.74, 6) is 1.04. The van der Waals surface area contributed by atoms with Crippen LogP contribution in [0.4, 0.5) is 0 Å². The average Bonchev–Trinajstić information content (AvgIpc) is 2.35. The summed E-state index contributed by atoms with van der Waals surface area (Å²) in [6, 6.07) is 3.52. The molecule has 1 unspecified atom stereocenters. The Labute approximate surface area is 101 Å². The molecule has 0 aliphatic heterocycles. The Kier molecular flexibility index (Phi) is 5.32. The molecule has 88 valence electrons. The second-order valence-electron chi connectivity index (χ2n) is 3.51. The summed E-state index contributed by atoms with van der Waals surface area (Å²) in [5, 5.41) is 0.499. The van der Waals surface area contributed by atoms with Crippen LogP contribution in [-0.2, 0) is 0 Å². The third-order valence-electron chi connectivity index (χ3n) is 2.33. The molecule has 0 aliphatic carbocycles. The van der Waals surface area contributed by atoms with E-state index in [0.29, 0.717) is 22.4 Å². The SMILES string of the molecule is CCC(C)SCC(=O)c1ncccc1OC. The largest absolute Gasteiger partial charge is 0.494 e. The number of carbonyl (C=O) groups excluding carboxylic acids is 1. The molecule has 0 spiro atoms. The van der Waals surface area contributed by atoms with Gasteiger partial charge in [0.15, 0.2) is 5.78 Å². The van der Waals surface area contributed by atoms with Crippen molar-refractivity contribution in [1.29, 1.82) is 0 Å². The molecule has 1 atom stereocenters. The van der Waals surface area contributed by atoms with E-state index in [0.717, 1.165) is 6.42 Å². The maximum Gasteiger partial charge on any atom is 0.194 e. The standard InChI is InChI=1S/C12H17NO2S/c1-4-9(2)16-8-10(14)12-11(15-3)6-5-7-13-12/h5-7,9H,4,8H2,1-3H3. The highest BCUT2D eigenvalue weighted by Crippen LogP contribution is 2.19. The Balaban J connectivity index is 2.65. The van der Waals surface area contributed by atoms with Crippen molar-refractivity contribution in [2.75, 3.05) is 12.9 Å². The first-order chi connectivity index (χ1) is 7.69. The van der Waals surface area contributed by atoms with Gasteiger partial charge in [-0.05, 0) is 18.6 Å². The average molecular weight is 239 g/mol. The van der Waals surface area contributed by atoms with Gasteiger partial charge in [-0.3, -0.25) is 4.79 Å². The minimum Gasteiger partial charge on any atom is -0.494 e. The van der Waals surface area contributed by atoms with Crippen molar-refractivity contribution in [1.82, 2.24) is 4.98 Å². The van der Waals surface area contributed by atoms with Crippen LogP contribution in [0.1, 0.15) is 30.8 Å². The van der Waals surface area contributed by atoms with Crippen LogP contribution in [0.5, 0.6) is 5.75 Å². The number of methoxy groups -OCH3 is 1. The van der Waals surface area contributed by atoms with E-state index in [1.165, 1.54) is 0 Å². The van der Waals surface area contributed by atoms with Crippen molar-refractivity contribution >= 4 is 17.5 Å². The Morgan fingerprint density at radius 3 is 3.00 bits per heavy atom. The maximum atomic E-state index is 11.9. The monoisotopic (exact) mass is 239 g/mol. The number of ether oxygens (including phenoxy) is 1. The van der Waals surface area contributed by atoms with Crippen molar-refractivity contribution < 1.29 is 9.53 Å². The van der Waals surface area contributed by atoms with Gasteiger partial charge in [-0.25, -0.2) is 4.98 Å². The van der Waals surface area contributed by atoms with Crippen LogP contribution >= 0.6 is 11.8 Å². The molecule has 0 fully saturated rings. The molecule has 1 rings (SSSR count). The Hall–Kier alpha value is -1.03. The molecule has 3 nitrogen and oxygen atoms in total. The van der Waals surface area contributed by atoms with Gasteiger partial charge in [0.2, 0.25) is 0 Å². The summed E-state index contributed by atoms with van der Waals surface area (Å²) in [6.07, 6.45) is 2.68. The lowest BCUT2D eigenvalue weighted by Gasteiger charge is -2.08. The van der Waals surface area contributed by atoms with Crippen LogP contribution in [0.3, 0.4) is 0 Å². The van der Waals surface area contributed by atoms with Crippen LogP contribution < -0.4 is 4.74 Å². The van der Waals surface area contributed by atoms with E-state index < -0.39 is 0 Å². The van der Waals surface area contributed by atoms with Gasteiger partial charge in [-0.1, -0.05) is 13.8 Å². The first kappa shape index (κ1) is 13.0. The van der Waals surface area contributed by atoms with Crippen molar-refractivity contribution in [3.8, 4) is 5.75 Å². The molecule has 1 heterocycles. The van der Waals surface area contributed by atoms with Crippen LogP contribution in [0.15, 0.2) is 18.3 Å². The van der Waals surface area contributed by atoms with Crippen molar-refractivity contribution in [3.05, 3.63) is 24.0 Å². The molecule has 0 radical (unpaired) electrons. The second kappa shape index (κ2) is 6.53. The lowest BCUT2D eigenvalue weighted by atomic mass is 10.2. The number of thioether (sulfide) groups is 1. The van der Waals surface area contributed by atoms with Gasteiger partial charge in [0.25, 0.3) is 0 Å². The van der Waals surface area contributed by atoms with Crippen LogP contribution in [0, 0.1) is 0 Å². The maximum absolute atomic E-state index is 11.9. The molecular formula is C12H17NO2S.